The Morgan fingerprint density at radius 2 is 1.89 bits per heavy atom. The first kappa shape index (κ1) is 20.9. The van der Waals surface area contributed by atoms with E-state index in [-0.39, 0.29) is 18.0 Å². The highest BCUT2D eigenvalue weighted by Gasteiger charge is 2.43. The van der Waals surface area contributed by atoms with Gasteiger partial charge in [-0.2, -0.15) is 0 Å². The zero-order valence-corrected chi connectivity index (χ0v) is 15.5. The van der Waals surface area contributed by atoms with Crippen LogP contribution in [0.25, 0.3) is 0 Å². The number of halogens is 1. The molecule has 2 aromatic rings. The molecular formula is C19H17ClN2O6. The Bertz CT molecular complexity index is 927. The van der Waals surface area contributed by atoms with Gasteiger partial charge in [-0.3, -0.25) is 19.5 Å². The third kappa shape index (κ3) is 3.96. The van der Waals surface area contributed by atoms with E-state index in [2.05, 4.69) is 4.98 Å². The summed E-state index contributed by atoms with van der Waals surface area (Å²) in [7, 11) is 0. The summed E-state index contributed by atoms with van der Waals surface area (Å²) < 4.78 is 5.08. The zero-order chi connectivity index (χ0) is 19.6. The van der Waals surface area contributed by atoms with Crippen LogP contribution >= 0.6 is 12.4 Å². The normalized spacial score (nSPS) is 16.0. The number of aliphatic hydroxyl groups excluding tert-OH is 1. The minimum atomic E-state index is -1.11. The minimum Gasteiger partial charge on any atom is -0.503 e. The van der Waals surface area contributed by atoms with Gasteiger partial charge in [-0.1, -0.05) is 6.07 Å². The van der Waals surface area contributed by atoms with Crippen LogP contribution in [0.4, 0.5) is 5.69 Å². The van der Waals surface area contributed by atoms with E-state index < -0.39 is 36.1 Å². The van der Waals surface area contributed by atoms with Gasteiger partial charge in [0.15, 0.2) is 18.1 Å². The molecule has 2 heterocycles. The summed E-state index contributed by atoms with van der Waals surface area (Å²) in [5.74, 6) is -2.50. The number of amides is 1. The summed E-state index contributed by atoms with van der Waals surface area (Å²) in [6.45, 7) is 0.797. The van der Waals surface area contributed by atoms with Crippen molar-refractivity contribution in [3.8, 4) is 5.75 Å². The van der Waals surface area contributed by atoms with E-state index in [0.717, 1.165) is 0 Å². The monoisotopic (exact) mass is 404 g/mol. The van der Waals surface area contributed by atoms with Gasteiger partial charge in [0.1, 0.15) is 5.75 Å². The third-order valence-corrected chi connectivity index (χ3v) is 4.06. The average molecular weight is 405 g/mol. The van der Waals surface area contributed by atoms with Crippen LogP contribution in [0.15, 0.2) is 60.1 Å². The number of hydrogen-bond donors (Lipinski definition) is 2. The summed E-state index contributed by atoms with van der Waals surface area (Å²) in [5.41, 5.74) is 0.991. The summed E-state index contributed by atoms with van der Waals surface area (Å²) in [4.78, 5) is 40.6. The zero-order valence-electron chi connectivity index (χ0n) is 14.7. The second-order valence-electron chi connectivity index (χ2n) is 5.86. The number of ketones is 1. The van der Waals surface area contributed by atoms with E-state index in [0.29, 0.717) is 17.0 Å². The number of Topliss-reactive ketones (excluding diaryl/α,β-unsaturated/α-hetero) is 1. The number of aliphatic carboxylic acids is 1. The lowest BCUT2D eigenvalue weighted by Gasteiger charge is -2.26. The fourth-order valence-corrected chi connectivity index (χ4v) is 2.93. The maximum atomic E-state index is 12.6. The molecule has 0 fully saturated rings. The molecule has 0 saturated carbocycles. The van der Waals surface area contributed by atoms with Gasteiger partial charge in [0.2, 0.25) is 0 Å². The Balaban J connectivity index is 0.00000280. The fourth-order valence-electron chi connectivity index (χ4n) is 2.93. The molecule has 0 bridgehead atoms. The topological polar surface area (TPSA) is 117 Å². The lowest BCUT2D eigenvalue weighted by Crippen LogP contribution is -2.30. The van der Waals surface area contributed by atoms with Crippen LogP contribution in [0.3, 0.4) is 0 Å². The van der Waals surface area contributed by atoms with Crippen molar-refractivity contribution in [1.29, 1.82) is 0 Å². The Morgan fingerprint density at radius 1 is 1.21 bits per heavy atom. The highest BCUT2D eigenvalue weighted by molar-refractivity contribution is 6.16. The van der Waals surface area contributed by atoms with Crippen molar-refractivity contribution < 1.29 is 29.3 Å². The Morgan fingerprint density at radius 3 is 2.43 bits per heavy atom. The molecule has 3 rings (SSSR count). The van der Waals surface area contributed by atoms with Gasteiger partial charge in [0, 0.05) is 18.1 Å². The van der Waals surface area contributed by atoms with Crippen molar-refractivity contribution in [3.05, 3.63) is 65.7 Å². The van der Waals surface area contributed by atoms with E-state index in [9.17, 15) is 19.5 Å². The molecule has 0 saturated heterocycles. The van der Waals surface area contributed by atoms with Gasteiger partial charge in [-0.05, 0) is 42.8 Å². The van der Waals surface area contributed by atoms with Crippen LogP contribution in [0.5, 0.6) is 5.75 Å². The maximum Gasteiger partial charge on any atom is 0.341 e. The number of aliphatic hydroxyl groups is 1. The lowest BCUT2D eigenvalue weighted by atomic mass is 9.98. The first-order chi connectivity index (χ1) is 12.9. The number of ether oxygens (including phenoxy) is 1. The van der Waals surface area contributed by atoms with E-state index in [1.165, 1.54) is 30.2 Å². The number of aromatic nitrogens is 1. The molecule has 8 nitrogen and oxygen atoms in total. The summed E-state index contributed by atoms with van der Waals surface area (Å²) in [6.07, 6.45) is 3.09. The molecule has 0 radical (unpaired) electrons. The second-order valence-corrected chi connectivity index (χ2v) is 5.86. The van der Waals surface area contributed by atoms with Gasteiger partial charge >= 0.3 is 5.97 Å². The highest BCUT2D eigenvalue weighted by Crippen LogP contribution is 2.40. The third-order valence-electron chi connectivity index (χ3n) is 4.06. The number of carboxylic acid groups (broad SMARTS) is 1. The molecule has 1 aliphatic heterocycles. The molecule has 0 aliphatic carbocycles. The van der Waals surface area contributed by atoms with Crippen LogP contribution in [-0.4, -0.2) is 39.5 Å². The van der Waals surface area contributed by atoms with Crippen LogP contribution in [0, 0.1) is 0 Å². The predicted octanol–water partition coefficient (Wildman–Crippen LogP) is 2.46. The Labute approximate surface area is 166 Å². The molecule has 1 aromatic carbocycles. The fraction of sp³-hybridized carbons (Fsp3) is 0.158. The predicted molar refractivity (Wildman–Crippen MR) is 102 cm³/mol. The molecule has 9 heteroatoms. The van der Waals surface area contributed by atoms with Gasteiger partial charge in [0.05, 0.1) is 11.6 Å². The molecule has 1 aliphatic rings. The van der Waals surface area contributed by atoms with Gasteiger partial charge in [-0.15, -0.1) is 12.4 Å². The molecule has 28 heavy (non-hydrogen) atoms. The van der Waals surface area contributed by atoms with E-state index >= 15 is 0 Å². The molecule has 0 spiro atoms. The van der Waals surface area contributed by atoms with E-state index in [1.54, 1.807) is 30.5 Å². The van der Waals surface area contributed by atoms with Crippen molar-refractivity contribution >= 4 is 35.8 Å². The molecule has 1 amide bonds. The van der Waals surface area contributed by atoms with Crippen LogP contribution in [0.1, 0.15) is 18.5 Å². The first-order valence-electron chi connectivity index (χ1n) is 8.02. The number of benzene rings is 1. The van der Waals surface area contributed by atoms with Crippen molar-refractivity contribution in [2.45, 2.75) is 13.0 Å². The van der Waals surface area contributed by atoms with E-state index in [1.807, 2.05) is 0 Å². The molecule has 2 N–H and O–H groups in total. The van der Waals surface area contributed by atoms with Crippen LogP contribution in [-0.2, 0) is 14.4 Å². The standard InChI is InChI=1S/C19H16N2O6.ClH/c1-11(22)16-17(12-3-2-8-20-9-12)21(19(26)18(16)25)13-4-6-14(7-5-13)27-10-15(23)24;/h2-9,17,25H,10H2,1H3,(H,23,24);1H. The van der Waals surface area contributed by atoms with Crippen molar-refractivity contribution in [2.75, 3.05) is 11.5 Å². The number of anilines is 1. The molecular weight excluding hydrogens is 388 g/mol. The number of carbonyl (C=O) groups is 3. The number of rotatable bonds is 6. The van der Waals surface area contributed by atoms with Crippen molar-refractivity contribution in [2.24, 2.45) is 0 Å². The summed E-state index contributed by atoms with van der Waals surface area (Å²) >= 11 is 0. The number of carboxylic acids is 1. The SMILES string of the molecule is CC(=O)C1=C(O)C(=O)N(c2ccc(OCC(=O)O)cc2)C1c1cccnc1.Cl. The number of hydrogen-bond acceptors (Lipinski definition) is 6. The smallest absolute Gasteiger partial charge is 0.341 e. The van der Waals surface area contributed by atoms with E-state index in [4.69, 9.17) is 9.84 Å². The van der Waals surface area contributed by atoms with Gasteiger partial charge in [0.25, 0.3) is 5.91 Å². The number of carbonyl (C=O) groups excluding carboxylic acids is 2. The summed E-state index contributed by atoms with van der Waals surface area (Å²) in [5, 5.41) is 18.9. The minimum absolute atomic E-state index is 0. The molecule has 1 aromatic heterocycles. The average Bonchev–Trinajstić information content (AvgIpc) is 2.92. The molecule has 1 atom stereocenters. The quantitative estimate of drug-likeness (QED) is 0.759. The van der Waals surface area contributed by atoms with Crippen LogP contribution in [0.2, 0.25) is 0 Å². The largest absolute Gasteiger partial charge is 0.503 e. The summed E-state index contributed by atoms with van der Waals surface area (Å²) in [6, 6.07) is 8.69. The first-order valence-corrected chi connectivity index (χ1v) is 8.02. The Hall–Kier alpha value is -3.39. The number of nitrogens with zero attached hydrogens (tertiary/aromatic N) is 2. The lowest BCUT2D eigenvalue weighted by molar-refractivity contribution is -0.139. The second kappa shape index (κ2) is 8.53. The number of pyridine rings is 1. The van der Waals surface area contributed by atoms with Crippen molar-refractivity contribution in [1.82, 2.24) is 4.98 Å². The molecule has 1 unspecified atom stereocenters. The highest BCUT2D eigenvalue weighted by atomic mass is 35.5. The van der Waals surface area contributed by atoms with Crippen LogP contribution < -0.4 is 9.64 Å². The van der Waals surface area contributed by atoms with Gasteiger partial charge < -0.3 is 14.9 Å². The van der Waals surface area contributed by atoms with Crippen molar-refractivity contribution in [3.63, 3.8) is 0 Å². The van der Waals surface area contributed by atoms with Gasteiger partial charge in [-0.25, -0.2) is 4.79 Å². The maximum absolute atomic E-state index is 12.6. The Kier molecular flexibility index (Phi) is 6.37. The molecule has 146 valence electrons.